The summed E-state index contributed by atoms with van der Waals surface area (Å²) in [5.74, 6) is 0.576. The highest BCUT2D eigenvalue weighted by atomic mass is 32.2. The molecule has 0 fully saturated rings. The average Bonchev–Trinajstić information content (AvgIpc) is 3.27. The summed E-state index contributed by atoms with van der Waals surface area (Å²) in [6, 6.07) is 22.5. The summed E-state index contributed by atoms with van der Waals surface area (Å²) in [6.07, 6.45) is 0.468. The molecule has 0 radical (unpaired) electrons. The molecule has 3 aromatic carbocycles. The topological polar surface area (TPSA) is 77.2 Å². The quantitative estimate of drug-likeness (QED) is 0.369. The Morgan fingerprint density at radius 3 is 2.44 bits per heavy atom. The van der Waals surface area contributed by atoms with Gasteiger partial charge in [-0.25, -0.2) is 4.39 Å². The number of amides is 1. The van der Waals surface area contributed by atoms with Crippen LogP contribution in [0.3, 0.4) is 0 Å². The van der Waals surface area contributed by atoms with Gasteiger partial charge in [0.15, 0.2) is 0 Å². The van der Waals surface area contributed by atoms with Gasteiger partial charge in [0.1, 0.15) is 16.8 Å². The minimum Gasteiger partial charge on any atom is -0.497 e. The molecule has 0 unspecified atom stereocenters. The Balaban J connectivity index is 1.49. The van der Waals surface area contributed by atoms with Crippen LogP contribution in [0.4, 0.5) is 10.1 Å². The maximum Gasteiger partial charge on any atom is 0.277 e. The van der Waals surface area contributed by atoms with E-state index in [4.69, 9.17) is 9.15 Å². The fourth-order valence-electron chi connectivity index (χ4n) is 3.02. The maximum absolute atomic E-state index is 13.2. The van der Waals surface area contributed by atoms with Crippen LogP contribution in [0.15, 0.2) is 88.5 Å². The highest BCUT2D eigenvalue weighted by Crippen LogP contribution is 2.35. The number of aromatic nitrogens is 2. The summed E-state index contributed by atoms with van der Waals surface area (Å²) >= 11 is 1.16. The summed E-state index contributed by atoms with van der Waals surface area (Å²) in [5.41, 5.74) is 2.29. The monoisotopic (exact) mass is 449 g/mol. The first-order valence-corrected chi connectivity index (χ1v) is 10.7. The molecule has 8 heteroatoms. The van der Waals surface area contributed by atoms with Gasteiger partial charge in [0.05, 0.1) is 13.5 Å². The SMILES string of the molecule is COc1ccc(Cc2nnc(S[C@H](C(=O)Nc3ccc(F)cc3)c3ccccc3)o2)cc1. The van der Waals surface area contributed by atoms with Crippen molar-refractivity contribution in [3.05, 3.63) is 102 Å². The Morgan fingerprint density at radius 1 is 1.03 bits per heavy atom. The number of rotatable bonds is 8. The molecule has 6 nitrogen and oxygen atoms in total. The zero-order valence-corrected chi connectivity index (χ0v) is 18.0. The van der Waals surface area contributed by atoms with Crippen LogP contribution < -0.4 is 10.1 Å². The zero-order chi connectivity index (χ0) is 22.3. The van der Waals surface area contributed by atoms with Crippen LogP contribution >= 0.6 is 11.8 Å². The van der Waals surface area contributed by atoms with Gasteiger partial charge in [-0.1, -0.05) is 42.5 Å². The molecule has 0 saturated carbocycles. The smallest absolute Gasteiger partial charge is 0.277 e. The molecule has 0 bridgehead atoms. The van der Waals surface area contributed by atoms with Crippen molar-refractivity contribution in [3.8, 4) is 5.75 Å². The second-order valence-corrected chi connectivity index (χ2v) is 7.95. The van der Waals surface area contributed by atoms with Gasteiger partial charge in [0.25, 0.3) is 5.22 Å². The molecule has 0 aliphatic heterocycles. The van der Waals surface area contributed by atoms with Gasteiger partial charge < -0.3 is 14.5 Å². The van der Waals surface area contributed by atoms with E-state index in [1.165, 1.54) is 24.3 Å². The first-order valence-electron chi connectivity index (χ1n) is 9.84. The van der Waals surface area contributed by atoms with Crippen LogP contribution in [0.25, 0.3) is 0 Å². The summed E-state index contributed by atoms with van der Waals surface area (Å²) in [5, 5.41) is 10.7. The van der Waals surface area contributed by atoms with Gasteiger partial charge in [-0.05, 0) is 59.3 Å². The van der Waals surface area contributed by atoms with Crippen molar-refractivity contribution in [3.63, 3.8) is 0 Å². The van der Waals surface area contributed by atoms with E-state index in [-0.39, 0.29) is 16.9 Å². The highest BCUT2D eigenvalue weighted by Gasteiger charge is 2.25. The number of halogens is 1. The first kappa shape index (κ1) is 21.6. The van der Waals surface area contributed by atoms with Crippen molar-refractivity contribution < 1.29 is 18.3 Å². The van der Waals surface area contributed by atoms with Crippen molar-refractivity contribution in [2.24, 2.45) is 0 Å². The van der Waals surface area contributed by atoms with E-state index in [9.17, 15) is 9.18 Å². The standard InChI is InChI=1S/C24H20FN3O3S/c1-30-20-13-7-16(8-14-20)15-21-27-28-24(31-21)32-22(17-5-3-2-4-6-17)23(29)26-19-11-9-18(25)10-12-19/h2-14,22H,15H2,1H3,(H,26,29)/t22-/m0/s1. The van der Waals surface area contributed by atoms with Gasteiger partial charge in [-0.15, -0.1) is 10.2 Å². The molecule has 1 amide bonds. The van der Waals surface area contributed by atoms with Crippen molar-refractivity contribution in [2.75, 3.05) is 12.4 Å². The number of carbonyl (C=O) groups is 1. The number of thioether (sulfide) groups is 1. The van der Waals surface area contributed by atoms with Crippen LogP contribution in [-0.4, -0.2) is 23.2 Å². The number of ether oxygens (including phenoxy) is 1. The third kappa shape index (κ3) is 5.53. The van der Waals surface area contributed by atoms with Crippen molar-refractivity contribution in [1.82, 2.24) is 10.2 Å². The van der Waals surface area contributed by atoms with Crippen molar-refractivity contribution in [1.29, 1.82) is 0 Å². The average molecular weight is 450 g/mol. The molecular weight excluding hydrogens is 429 g/mol. The number of carbonyl (C=O) groups excluding carboxylic acids is 1. The van der Waals surface area contributed by atoms with E-state index in [1.807, 2.05) is 54.6 Å². The number of anilines is 1. The van der Waals surface area contributed by atoms with Crippen LogP contribution in [0.2, 0.25) is 0 Å². The van der Waals surface area contributed by atoms with E-state index in [0.717, 1.165) is 28.6 Å². The molecular formula is C24H20FN3O3S. The molecule has 4 aromatic rings. The van der Waals surface area contributed by atoms with Crippen LogP contribution in [0, 0.1) is 5.82 Å². The Kier molecular flexibility index (Phi) is 6.81. The minimum absolute atomic E-state index is 0.275. The van der Waals surface area contributed by atoms with Gasteiger partial charge in [0.2, 0.25) is 11.8 Å². The van der Waals surface area contributed by atoms with Gasteiger partial charge >= 0.3 is 0 Å². The van der Waals surface area contributed by atoms with E-state index < -0.39 is 5.25 Å². The Labute approximate surface area is 188 Å². The van der Waals surface area contributed by atoms with Crippen LogP contribution in [0.5, 0.6) is 5.75 Å². The molecule has 32 heavy (non-hydrogen) atoms. The Hall–Kier alpha value is -3.65. The van der Waals surface area contributed by atoms with Crippen molar-refractivity contribution in [2.45, 2.75) is 16.9 Å². The fourth-order valence-corrected chi connectivity index (χ4v) is 3.91. The number of hydrogen-bond acceptors (Lipinski definition) is 6. The molecule has 1 atom stereocenters. The molecule has 0 spiro atoms. The molecule has 162 valence electrons. The lowest BCUT2D eigenvalue weighted by atomic mass is 10.1. The second kappa shape index (κ2) is 10.1. The Bertz CT molecular complexity index is 1170. The van der Waals surface area contributed by atoms with Gasteiger partial charge in [-0.2, -0.15) is 0 Å². The normalized spacial score (nSPS) is 11.7. The van der Waals surface area contributed by atoms with E-state index in [0.29, 0.717) is 18.0 Å². The van der Waals surface area contributed by atoms with Gasteiger partial charge in [0, 0.05) is 5.69 Å². The summed E-state index contributed by atoms with van der Waals surface area (Å²) in [7, 11) is 1.62. The molecule has 4 rings (SSSR count). The zero-order valence-electron chi connectivity index (χ0n) is 17.2. The summed E-state index contributed by atoms with van der Waals surface area (Å²) in [6.45, 7) is 0. The van der Waals surface area contributed by atoms with Crippen LogP contribution in [0.1, 0.15) is 22.3 Å². The first-order chi connectivity index (χ1) is 15.6. The lowest BCUT2D eigenvalue weighted by Gasteiger charge is -2.15. The molecule has 0 aliphatic rings. The van der Waals surface area contributed by atoms with E-state index >= 15 is 0 Å². The number of methoxy groups -OCH3 is 1. The molecule has 0 saturated heterocycles. The lowest BCUT2D eigenvalue weighted by molar-refractivity contribution is -0.115. The molecule has 1 heterocycles. The largest absolute Gasteiger partial charge is 0.497 e. The number of nitrogens with zero attached hydrogens (tertiary/aromatic N) is 2. The number of benzene rings is 3. The van der Waals surface area contributed by atoms with Crippen LogP contribution in [-0.2, 0) is 11.2 Å². The third-order valence-corrected chi connectivity index (χ3v) is 5.72. The third-order valence-electron chi connectivity index (χ3n) is 4.63. The Morgan fingerprint density at radius 2 is 1.75 bits per heavy atom. The van der Waals surface area contributed by atoms with E-state index in [2.05, 4.69) is 15.5 Å². The molecule has 1 N–H and O–H groups in total. The fraction of sp³-hybridized carbons (Fsp3) is 0.125. The lowest BCUT2D eigenvalue weighted by Crippen LogP contribution is -2.19. The number of nitrogens with one attached hydrogen (secondary N) is 1. The predicted octanol–water partition coefficient (Wildman–Crippen LogP) is 5.28. The highest BCUT2D eigenvalue weighted by molar-refractivity contribution is 8.00. The van der Waals surface area contributed by atoms with E-state index in [1.54, 1.807) is 7.11 Å². The minimum atomic E-state index is -0.629. The molecule has 1 aromatic heterocycles. The second-order valence-electron chi connectivity index (χ2n) is 6.89. The van der Waals surface area contributed by atoms with Gasteiger partial charge in [-0.3, -0.25) is 4.79 Å². The summed E-state index contributed by atoms with van der Waals surface area (Å²) < 4.78 is 24.1. The van der Waals surface area contributed by atoms with Crippen molar-refractivity contribution >= 4 is 23.4 Å². The summed E-state index contributed by atoms with van der Waals surface area (Å²) in [4.78, 5) is 13.0. The molecule has 0 aliphatic carbocycles. The maximum atomic E-state index is 13.2. The number of hydrogen-bond donors (Lipinski definition) is 1. The predicted molar refractivity (Wildman–Crippen MR) is 120 cm³/mol.